The van der Waals surface area contributed by atoms with Crippen LogP contribution in [0.25, 0.3) is 6.08 Å². The fourth-order valence-electron chi connectivity index (χ4n) is 3.66. The maximum Gasteiger partial charge on any atom is 0.255 e. The molecule has 1 aliphatic carbocycles. The van der Waals surface area contributed by atoms with Crippen molar-refractivity contribution < 1.29 is 13.2 Å². The second-order valence-corrected chi connectivity index (χ2v) is 9.35. The number of amides is 1. The lowest BCUT2D eigenvalue weighted by molar-refractivity contribution is 0.0891. The van der Waals surface area contributed by atoms with Crippen LogP contribution in [0.4, 0.5) is 5.69 Å². The average molecular weight is 413 g/mol. The number of carbonyl (C=O) groups excluding carboxylic acids is 1. The average Bonchev–Trinajstić information content (AvgIpc) is 2.71. The van der Waals surface area contributed by atoms with E-state index in [1.807, 2.05) is 30.3 Å². The van der Waals surface area contributed by atoms with Gasteiger partial charge in [0.2, 0.25) is 0 Å². The van der Waals surface area contributed by atoms with Crippen LogP contribution in [0.15, 0.2) is 60.0 Å². The summed E-state index contributed by atoms with van der Waals surface area (Å²) in [6, 6.07) is 15.9. The van der Waals surface area contributed by atoms with Gasteiger partial charge in [-0.2, -0.15) is 0 Å². The van der Waals surface area contributed by atoms with E-state index < -0.39 is 10.0 Å². The van der Waals surface area contributed by atoms with Gasteiger partial charge in [-0.1, -0.05) is 57.0 Å². The van der Waals surface area contributed by atoms with Crippen LogP contribution in [0.2, 0.25) is 0 Å². The SMILES string of the molecule is C[C@@H]1[C@H](C)CCC[C@@H]1NC(=O)c1ccc(NS(=O)(=O)/C=C/c2ccccc2)cc1. The van der Waals surface area contributed by atoms with Gasteiger partial charge in [-0.25, -0.2) is 8.42 Å². The van der Waals surface area contributed by atoms with Crippen molar-refractivity contribution in [3.63, 3.8) is 0 Å². The standard InChI is InChI=1S/C23H28N2O3S/c1-17-7-6-10-22(18(17)2)24-23(26)20-11-13-21(14-12-20)25-29(27,28)16-15-19-8-4-3-5-9-19/h3-5,8-9,11-18,22,25H,6-7,10H2,1-2H3,(H,24,26)/b16-15+/t17-,18-,22+/m1/s1. The van der Waals surface area contributed by atoms with Crippen molar-refractivity contribution in [1.82, 2.24) is 5.32 Å². The molecule has 0 aliphatic heterocycles. The van der Waals surface area contributed by atoms with Crippen LogP contribution in [0, 0.1) is 11.8 Å². The van der Waals surface area contributed by atoms with E-state index in [2.05, 4.69) is 23.9 Å². The summed E-state index contributed by atoms with van der Waals surface area (Å²) in [4.78, 5) is 12.6. The Bertz CT molecular complexity index is 953. The zero-order chi connectivity index (χ0) is 20.9. The molecule has 0 heterocycles. The first kappa shape index (κ1) is 21.1. The van der Waals surface area contributed by atoms with Gasteiger partial charge >= 0.3 is 0 Å². The number of rotatable bonds is 6. The summed E-state index contributed by atoms with van der Waals surface area (Å²) < 4.78 is 27.0. The molecule has 0 bridgehead atoms. The van der Waals surface area contributed by atoms with Crippen molar-refractivity contribution in [3.8, 4) is 0 Å². The fourth-order valence-corrected chi connectivity index (χ4v) is 4.53. The minimum Gasteiger partial charge on any atom is -0.349 e. The molecule has 6 heteroatoms. The lowest BCUT2D eigenvalue weighted by atomic mass is 9.78. The molecular formula is C23H28N2O3S. The predicted octanol–water partition coefficient (Wildman–Crippen LogP) is 4.65. The number of anilines is 1. The molecule has 0 radical (unpaired) electrons. The molecule has 0 saturated heterocycles. The molecule has 1 fully saturated rings. The van der Waals surface area contributed by atoms with E-state index in [1.165, 1.54) is 12.5 Å². The van der Waals surface area contributed by atoms with Crippen molar-refractivity contribution in [2.75, 3.05) is 4.72 Å². The quantitative estimate of drug-likeness (QED) is 0.725. The summed E-state index contributed by atoms with van der Waals surface area (Å²) in [6.45, 7) is 4.42. The Morgan fingerprint density at radius 2 is 1.69 bits per heavy atom. The van der Waals surface area contributed by atoms with Gasteiger partial charge in [-0.3, -0.25) is 9.52 Å². The summed E-state index contributed by atoms with van der Waals surface area (Å²) in [5.41, 5.74) is 1.74. The highest BCUT2D eigenvalue weighted by Crippen LogP contribution is 2.29. The van der Waals surface area contributed by atoms with Gasteiger partial charge in [0.25, 0.3) is 15.9 Å². The van der Waals surface area contributed by atoms with E-state index in [4.69, 9.17) is 0 Å². The minimum atomic E-state index is -3.63. The van der Waals surface area contributed by atoms with E-state index in [0.29, 0.717) is 23.1 Å². The molecule has 3 atom stereocenters. The molecule has 0 unspecified atom stereocenters. The third-order valence-electron chi connectivity index (χ3n) is 5.67. The topological polar surface area (TPSA) is 75.3 Å². The highest BCUT2D eigenvalue weighted by molar-refractivity contribution is 7.95. The van der Waals surface area contributed by atoms with Crippen LogP contribution in [-0.2, 0) is 10.0 Å². The summed E-state index contributed by atoms with van der Waals surface area (Å²) >= 11 is 0. The lowest BCUT2D eigenvalue weighted by Gasteiger charge is -2.34. The third kappa shape index (κ3) is 5.94. The first-order chi connectivity index (χ1) is 13.8. The minimum absolute atomic E-state index is 0.116. The van der Waals surface area contributed by atoms with Crippen LogP contribution in [-0.4, -0.2) is 20.4 Å². The maximum atomic E-state index is 12.6. The van der Waals surface area contributed by atoms with E-state index in [1.54, 1.807) is 24.3 Å². The number of hydrogen-bond acceptors (Lipinski definition) is 3. The zero-order valence-electron chi connectivity index (χ0n) is 16.8. The third-order valence-corrected chi connectivity index (χ3v) is 6.68. The van der Waals surface area contributed by atoms with E-state index in [9.17, 15) is 13.2 Å². The molecule has 1 amide bonds. The molecular weight excluding hydrogens is 384 g/mol. The molecule has 2 aromatic carbocycles. The van der Waals surface area contributed by atoms with E-state index in [0.717, 1.165) is 23.8 Å². The van der Waals surface area contributed by atoms with E-state index in [-0.39, 0.29) is 11.9 Å². The smallest absolute Gasteiger partial charge is 0.255 e. The summed E-state index contributed by atoms with van der Waals surface area (Å²) in [5, 5.41) is 4.27. The van der Waals surface area contributed by atoms with Crippen molar-refractivity contribution >= 4 is 27.7 Å². The Morgan fingerprint density at radius 3 is 2.38 bits per heavy atom. The highest BCUT2D eigenvalue weighted by Gasteiger charge is 2.28. The summed E-state index contributed by atoms with van der Waals surface area (Å²) in [6.07, 6.45) is 4.88. The Morgan fingerprint density at radius 1 is 1.00 bits per heavy atom. The van der Waals surface area contributed by atoms with Crippen LogP contribution >= 0.6 is 0 Å². The molecule has 154 valence electrons. The first-order valence-corrected chi connectivity index (χ1v) is 11.6. The second-order valence-electron chi connectivity index (χ2n) is 7.79. The monoisotopic (exact) mass is 412 g/mol. The molecule has 3 rings (SSSR count). The largest absolute Gasteiger partial charge is 0.349 e. The van der Waals surface area contributed by atoms with Crippen LogP contribution in [0.5, 0.6) is 0 Å². The van der Waals surface area contributed by atoms with Crippen LogP contribution < -0.4 is 10.0 Å². The molecule has 0 spiro atoms. The van der Waals surface area contributed by atoms with Crippen LogP contribution in [0.3, 0.4) is 0 Å². The summed E-state index contributed by atoms with van der Waals surface area (Å²) in [7, 11) is -3.63. The van der Waals surface area contributed by atoms with Gasteiger partial charge in [0, 0.05) is 17.3 Å². The number of benzene rings is 2. The molecule has 1 saturated carbocycles. The van der Waals surface area contributed by atoms with Gasteiger partial charge < -0.3 is 5.32 Å². The van der Waals surface area contributed by atoms with Gasteiger partial charge in [0.15, 0.2) is 0 Å². The maximum absolute atomic E-state index is 12.6. The van der Waals surface area contributed by atoms with Gasteiger partial charge in [-0.15, -0.1) is 0 Å². The van der Waals surface area contributed by atoms with Crippen molar-refractivity contribution in [1.29, 1.82) is 0 Å². The Hall–Kier alpha value is -2.60. The van der Waals surface area contributed by atoms with Gasteiger partial charge in [-0.05, 0) is 54.2 Å². The number of hydrogen-bond donors (Lipinski definition) is 2. The van der Waals surface area contributed by atoms with Crippen LogP contribution in [0.1, 0.15) is 49.0 Å². The number of nitrogens with one attached hydrogen (secondary N) is 2. The van der Waals surface area contributed by atoms with Crippen molar-refractivity contribution in [2.45, 2.75) is 39.2 Å². The fraction of sp³-hybridized carbons (Fsp3) is 0.348. The lowest BCUT2D eigenvalue weighted by Crippen LogP contribution is -2.43. The number of carbonyl (C=O) groups is 1. The van der Waals surface area contributed by atoms with Crippen molar-refractivity contribution in [3.05, 3.63) is 71.1 Å². The Labute approximate surface area is 173 Å². The Balaban J connectivity index is 1.60. The zero-order valence-corrected chi connectivity index (χ0v) is 17.7. The highest BCUT2D eigenvalue weighted by atomic mass is 32.2. The molecule has 2 N–H and O–H groups in total. The Kier molecular flexibility index (Phi) is 6.75. The second kappa shape index (κ2) is 9.27. The van der Waals surface area contributed by atoms with Gasteiger partial charge in [0.1, 0.15) is 0 Å². The molecule has 0 aromatic heterocycles. The predicted molar refractivity (Wildman–Crippen MR) is 118 cm³/mol. The normalized spacial score (nSPS) is 22.3. The molecule has 5 nitrogen and oxygen atoms in total. The van der Waals surface area contributed by atoms with E-state index >= 15 is 0 Å². The molecule has 1 aliphatic rings. The molecule has 29 heavy (non-hydrogen) atoms. The first-order valence-electron chi connectivity index (χ1n) is 10.0. The number of sulfonamides is 1. The van der Waals surface area contributed by atoms with Crippen molar-refractivity contribution in [2.24, 2.45) is 11.8 Å². The summed E-state index contributed by atoms with van der Waals surface area (Å²) in [5.74, 6) is 0.944. The van der Waals surface area contributed by atoms with Gasteiger partial charge in [0.05, 0.1) is 5.41 Å². The molecule has 2 aromatic rings.